The number of carbonyl (C=O) groups is 1. The van der Waals surface area contributed by atoms with Crippen molar-refractivity contribution < 1.29 is 14.3 Å². The molecule has 1 amide bonds. The summed E-state index contributed by atoms with van der Waals surface area (Å²) in [7, 11) is 0. The van der Waals surface area contributed by atoms with Gasteiger partial charge in [0.25, 0.3) is 5.91 Å². The number of furan rings is 1. The minimum atomic E-state index is -0.429. The SMILES string of the molecule is O=C1C(c2ccccc2)=C(c2ccco2)C[C@@H]2C[C@@H](O)CN12. The van der Waals surface area contributed by atoms with Gasteiger partial charge in [-0.05, 0) is 30.5 Å². The molecule has 2 aliphatic rings. The third-order valence-electron chi connectivity index (χ3n) is 4.49. The van der Waals surface area contributed by atoms with Crippen LogP contribution in [0.15, 0.2) is 53.1 Å². The lowest BCUT2D eigenvalue weighted by molar-refractivity contribution is -0.126. The molecule has 0 aliphatic carbocycles. The quantitative estimate of drug-likeness (QED) is 0.926. The van der Waals surface area contributed by atoms with E-state index in [-0.39, 0.29) is 11.9 Å². The average Bonchev–Trinajstić information content (AvgIpc) is 3.17. The number of rotatable bonds is 2. The molecule has 2 aromatic rings. The number of aliphatic hydroxyl groups is 1. The second kappa shape index (κ2) is 5.14. The fourth-order valence-corrected chi connectivity index (χ4v) is 3.52. The highest BCUT2D eigenvalue weighted by Crippen LogP contribution is 2.40. The van der Waals surface area contributed by atoms with Crippen LogP contribution in [0.25, 0.3) is 11.1 Å². The van der Waals surface area contributed by atoms with Crippen LogP contribution in [0.3, 0.4) is 0 Å². The molecule has 0 unspecified atom stereocenters. The van der Waals surface area contributed by atoms with E-state index >= 15 is 0 Å². The maximum atomic E-state index is 13.0. The van der Waals surface area contributed by atoms with Gasteiger partial charge in [0.05, 0.1) is 17.9 Å². The molecule has 2 aliphatic heterocycles. The summed E-state index contributed by atoms with van der Waals surface area (Å²) in [6, 6.07) is 13.5. The van der Waals surface area contributed by atoms with Crippen LogP contribution >= 0.6 is 0 Å². The number of aliphatic hydroxyl groups excluding tert-OH is 1. The van der Waals surface area contributed by atoms with Gasteiger partial charge in [-0.25, -0.2) is 0 Å². The monoisotopic (exact) mass is 295 g/mol. The second-order valence-electron chi connectivity index (χ2n) is 5.90. The number of nitrogens with zero attached hydrogens (tertiary/aromatic N) is 1. The van der Waals surface area contributed by atoms with E-state index in [1.165, 1.54) is 0 Å². The molecule has 4 heteroatoms. The molecule has 1 aromatic carbocycles. The number of benzene rings is 1. The Labute approximate surface area is 128 Å². The van der Waals surface area contributed by atoms with Crippen LogP contribution in [0.4, 0.5) is 0 Å². The summed E-state index contributed by atoms with van der Waals surface area (Å²) in [6.07, 6.45) is 2.56. The molecule has 2 atom stereocenters. The Morgan fingerprint density at radius 1 is 1.14 bits per heavy atom. The van der Waals surface area contributed by atoms with Crippen LogP contribution in [0.5, 0.6) is 0 Å². The average molecular weight is 295 g/mol. The zero-order valence-electron chi connectivity index (χ0n) is 12.1. The molecule has 4 rings (SSSR count). The van der Waals surface area contributed by atoms with Crippen molar-refractivity contribution in [2.45, 2.75) is 25.0 Å². The first kappa shape index (κ1) is 13.3. The highest BCUT2D eigenvalue weighted by atomic mass is 16.3. The van der Waals surface area contributed by atoms with Crippen molar-refractivity contribution in [1.29, 1.82) is 0 Å². The number of amides is 1. The minimum Gasteiger partial charge on any atom is -0.465 e. The van der Waals surface area contributed by atoms with Crippen LogP contribution in [-0.2, 0) is 4.79 Å². The zero-order chi connectivity index (χ0) is 15.1. The third-order valence-corrected chi connectivity index (χ3v) is 4.49. The van der Waals surface area contributed by atoms with Crippen molar-refractivity contribution in [3.05, 3.63) is 60.1 Å². The first-order valence-corrected chi connectivity index (χ1v) is 7.55. The number of fused-ring (bicyclic) bond motifs is 1. The molecule has 22 heavy (non-hydrogen) atoms. The maximum absolute atomic E-state index is 13.0. The van der Waals surface area contributed by atoms with Crippen molar-refractivity contribution in [2.24, 2.45) is 0 Å². The van der Waals surface area contributed by atoms with Gasteiger partial charge in [-0.3, -0.25) is 4.79 Å². The number of hydrogen-bond acceptors (Lipinski definition) is 3. The van der Waals surface area contributed by atoms with Gasteiger partial charge in [0.15, 0.2) is 0 Å². The normalized spacial score (nSPS) is 24.8. The molecule has 0 radical (unpaired) electrons. The van der Waals surface area contributed by atoms with Crippen molar-refractivity contribution in [3.8, 4) is 0 Å². The Balaban J connectivity index is 1.87. The number of carbonyl (C=O) groups excluding carboxylic acids is 1. The minimum absolute atomic E-state index is 0.00889. The summed E-state index contributed by atoms with van der Waals surface area (Å²) in [4.78, 5) is 14.8. The Bertz CT molecular complexity index is 718. The molecule has 0 spiro atoms. The van der Waals surface area contributed by atoms with Crippen LogP contribution in [0.2, 0.25) is 0 Å². The van der Waals surface area contributed by atoms with Crippen molar-refractivity contribution in [2.75, 3.05) is 6.54 Å². The highest BCUT2D eigenvalue weighted by molar-refractivity contribution is 6.27. The molecule has 4 nitrogen and oxygen atoms in total. The van der Waals surface area contributed by atoms with Gasteiger partial charge in [-0.1, -0.05) is 30.3 Å². The van der Waals surface area contributed by atoms with Gasteiger partial charge < -0.3 is 14.4 Å². The molecular weight excluding hydrogens is 278 g/mol. The lowest BCUT2D eigenvalue weighted by Gasteiger charge is -2.32. The first-order chi connectivity index (χ1) is 10.7. The van der Waals surface area contributed by atoms with E-state index in [1.54, 1.807) is 11.2 Å². The Morgan fingerprint density at radius 3 is 2.68 bits per heavy atom. The number of hydrogen-bond donors (Lipinski definition) is 1. The van der Waals surface area contributed by atoms with Gasteiger partial charge in [0.1, 0.15) is 5.76 Å². The van der Waals surface area contributed by atoms with E-state index in [1.807, 2.05) is 42.5 Å². The maximum Gasteiger partial charge on any atom is 0.255 e. The standard InChI is InChI=1S/C18H17NO3/c20-14-9-13-10-15(16-7-4-8-22-16)17(18(21)19(13)11-14)12-5-2-1-3-6-12/h1-8,13-14,20H,9-11H2/t13-,14+/m0/s1. The van der Waals surface area contributed by atoms with Crippen LogP contribution < -0.4 is 0 Å². The summed E-state index contributed by atoms with van der Waals surface area (Å²) in [5.41, 5.74) is 2.54. The molecule has 1 aromatic heterocycles. The summed E-state index contributed by atoms with van der Waals surface area (Å²) >= 11 is 0. The fraction of sp³-hybridized carbons (Fsp3) is 0.278. The van der Waals surface area contributed by atoms with E-state index in [0.717, 1.165) is 23.3 Å². The Hall–Kier alpha value is -2.33. The predicted octanol–water partition coefficient (Wildman–Crippen LogP) is 2.56. The van der Waals surface area contributed by atoms with E-state index < -0.39 is 6.10 Å². The van der Waals surface area contributed by atoms with Crippen LogP contribution in [0.1, 0.15) is 24.2 Å². The van der Waals surface area contributed by atoms with Crippen molar-refractivity contribution in [1.82, 2.24) is 4.90 Å². The lowest BCUT2D eigenvalue weighted by atomic mass is 9.88. The summed E-state index contributed by atoms with van der Waals surface area (Å²) < 4.78 is 5.56. The third kappa shape index (κ3) is 2.07. The van der Waals surface area contributed by atoms with Gasteiger partial charge in [-0.15, -0.1) is 0 Å². The van der Waals surface area contributed by atoms with E-state index in [9.17, 15) is 9.90 Å². The Kier molecular flexibility index (Phi) is 3.12. The first-order valence-electron chi connectivity index (χ1n) is 7.55. The summed E-state index contributed by atoms with van der Waals surface area (Å²) in [6.45, 7) is 0.422. The molecule has 112 valence electrons. The van der Waals surface area contributed by atoms with Crippen LogP contribution in [0, 0.1) is 0 Å². The molecule has 0 bridgehead atoms. The van der Waals surface area contributed by atoms with E-state index in [4.69, 9.17) is 4.42 Å². The fourth-order valence-electron chi connectivity index (χ4n) is 3.52. The lowest BCUT2D eigenvalue weighted by Crippen LogP contribution is -2.40. The summed E-state index contributed by atoms with van der Waals surface area (Å²) in [5, 5.41) is 9.92. The van der Waals surface area contributed by atoms with E-state index in [2.05, 4.69) is 0 Å². The molecule has 1 N–H and O–H groups in total. The van der Waals surface area contributed by atoms with E-state index in [0.29, 0.717) is 18.5 Å². The summed E-state index contributed by atoms with van der Waals surface area (Å²) in [5.74, 6) is 0.735. The second-order valence-corrected chi connectivity index (χ2v) is 5.90. The molecule has 3 heterocycles. The smallest absolute Gasteiger partial charge is 0.255 e. The molecular formula is C18H17NO3. The van der Waals surface area contributed by atoms with Gasteiger partial charge in [0, 0.05) is 18.2 Å². The largest absolute Gasteiger partial charge is 0.465 e. The Morgan fingerprint density at radius 2 is 1.95 bits per heavy atom. The predicted molar refractivity (Wildman–Crippen MR) is 82.7 cm³/mol. The van der Waals surface area contributed by atoms with Gasteiger partial charge in [-0.2, -0.15) is 0 Å². The van der Waals surface area contributed by atoms with Gasteiger partial charge >= 0.3 is 0 Å². The molecule has 1 fully saturated rings. The van der Waals surface area contributed by atoms with Crippen molar-refractivity contribution in [3.63, 3.8) is 0 Å². The van der Waals surface area contributed by atoms with Crippen molar-refractivity contribution >= 4 is 17.1 Å². The van der Waals surface area contributed by atoms with Crippen LogP contribution in [-0.4, -0.2) is 34.6 Å². The topological polar surface area (TPSA) is 53.7 Å². The zero-order valence-corrected chi connectivity index (χ0v) is 12.1. The molecule has 0 saturated carbocycles. The highest BCUT2D eigenvalue weighted by Gasteiger charge is 2.41. The molecule has 1 saturated heterocycles. The van der Waals surface area contributed by atoms with Gasteiger partial charge in [0.2, 0.25) is 0 Å².